The van der Waals surface area contributed by atoms with Crippen molar-refractivity contribution in [3.63, 3.8) is 0 Å². The number of sulfonamides is 1. The molecule has 1 fully saturated rings. The van der Waals surface area contributed by atoms with E-state index in [0.29, 0.717) is 24.6 Å². The molecule has 2 aliphatic rings. The second kappa shape index (κ2) is 7.51. The van der Waals surface area contributed by atoms with Crippen LogP contribution in [0.5, 0.6) is 0 Å². The van der Waals surface area contributed by atoms with Gasteiger partial charge < -0.3 is 4.74 Å². The maximum absolute atomic E-state index is 13.0. The lowest BCUT2D eigenvalue weighted by Gasteiger charge is -2.31. The summed E-state index contributed by atoms with van der Waals surface area (Å²) >= 11 is 0. The Morgan fingerprint density at radius 1 is 0.962 bits per heavy atom. The van der Waals surface area contributed by atoms with E-state index >= 15 is 0 Å². The normalized spacial score (nSPS) is 18.8. The van der Waals surface area contributed by atoms with Crippen LogP contribution in [0.2, 0.25) is 0 Å². The Hall–Kier alpha value is -1.69. The molecule has 0 N–H and O–H groups in total. The van der Waals surface area contributed by atoms with Gasteiger partial charge in [-0.3, -0.25) is 0 Å². The number of nitrogens with zero attached hydrogens (tertiary/aromatic N) is 1. The maximum Gasteiger partial charge on any atom is 0.243 e. The van der Waals surface area contributed by atoms with Gasteiger partial charge in [0.2, 0.25) is 10.0 Å². The highest BCUT2D eigenvalue weighted by Crippen LogP contribution is 2.28. The van der Waals surface area contributed by atoms with Gasteiger partial charge in [0.05, 0.1) is 17.6 Å². The van der Waals surface area contributed by atoms with Crippen LogP contribution in [0.3, 0.4) is 0 Å². The fourth-order valence-electron chi connectivity index (χ4n) is 3.89. The molecular weight excluding hydrogens is 346 g/mol. The van der Waals surface area contributed by atoms with Crippen molar-refractivity contribution in [3.8, 4) is 0 Å². The van der Waals surface area contributed by atoms with E-state index in [2.05, 4.69) is 0 Å². The van der Waals surface area contributed by atoms with Crippen molar-refractivity contribution in [1.82, 2.24) is 4.31 Å². The van der Waals surface area contributed by atoms with Gasteiger partial charge in [-0.25, -0.2) is 8.42 Å². The molecular formula is C21H25NO3S. The first-order chi connectivity index (χ1) is 12.6. The SMILES string of the molecule is O=S(=O)(c1ccc2c(c1)CCC2)N1CCC(OCc2ccccc2)CC1. The molecule has 0 bridgehead atoms. The van der Waals surface area contributed by atoms with E-state index in [1.165, 1.54) is 11.1 Å². The van der Waals surface area contributed by atoms with Crippen LogP contribution in [0, 0.1) is 0 Å². The van der Waals surface area contributed by atoms with E-state index in [-0.39, 0.29) is 6.10 Å². The molecule has 4 nitrogen and oxygen atoms in total. The summed E-state index contributed by atoms with van der Waals surface area (Å²) in [6, 6.07) is 15.7. The molecule has 0 spiro atoms. The van der Waals surface area contributed by atoms with Crippen LogP contribution in [0.1, 0.15) is 36.0 Å². The van der Waals surface area contributed by atoms with Gasteiger partial charge in [0.25, 0.3) is 0 Å². The Bertz CT molecular complexity index is 856. The number of hydrogen-bond acceptors (Lipinski definition) is 3. The van der Waals surface area contributed by atoms with Crippen LogP contribution in [0.4, 0.5) is 0 Å². The Kier molecular flexibility index (Phi) is 5.11. The van der Waals surface area contributed by atoms with Crippen LogP contribution >= 0.6 is 0 Å². The second-order valence-electron chi connectivity index (χ2n) is 7.18. The molecule has 2 aromatic carbocycles. The van der Waals surface area contributed by atoms with Crippen molar-refractivity contribution in [1.29, 1.82) is 0 Å². The molecule has 138 valence electrons. The predicted molar refractivity (Wildman–Crippen MR) is 101 cm³/mol. The molecule has 0 saturated carbocycles. The molecule has 1 saturated heterocycles. The monoisotopic (exact) mass is 371 g/mol. The van der Waals surface area contributed by atoms with E-state index in [1.54, 1.807) is 10.4 Å². The van der Waals surface area contributed by atoms with Gasteiger partial charge in [-0.15, -0.1) is 0 Å². The molecule has 0 aromatic heterocycles. The summed E-state index contributed by atoms with van der Waals surface area (Å²) in [5, 5.41) is 0. The highest BCUT2D eigenvalue weighted by molar-refractivity contribution is 7.89. The van der Waals surface area contributed by atoms with Gasteiger partial charge >= 0.3 is 0 Å². The summed E-state index contributed by atoms with van der Waals surface area (Å²) in [4.78, 5) is 0.446. The van der Waals surface area contributed by atoms with Gasteiger partial charge in [-0.05, 0) is 60.9 Å². The van der Waals surface area contributed by atoms with Crippen molar-refractivity contribution < 1.29 is 13.2 Å². The fourth-order valence-corrected chi connectivity index (χ4v) is 5.41. The van der Waals surface area contributed by atoms with E-state index in [0.717, 1.165) is 37.7 Å². The molecule has 1 aliphatic carbocycles. The van der Waals surface area contributed by atoms with Crippen LogP contribution in [-0.2, 0) is 34.2 Å². The maximum atomic E-state index is 13.0. The van der Waals surface area contributed by atoms with Crippen LogP contribution in [0.25, 0.3) is 0 Å². The largest absolute Gasteiger partial charge is 0.373 e. The van der Waals surface area contributed by atoms with Crippen molar-refractivity contribution >= 4 is 10.0 Å². The summed E-state index contributed by atoms with van der Waals surface area (Å²) in [7, 11) is -3.40. The number of ether oxygens (including phenoxy) is 1. The van der Waals surface area contributed by atoms with Gasteiger partial charge in [0.1, 0.15) is 0 Å². The quantitative estimate of drug-likeness (QED) is 0.808. The lowest BCUT2D eigenvalue weighted by atomic mass is 10.1. The zero-order valence-corrected chi connectivity index (χ0v) is 15.7. The standard InChI is InChI=1S/C21H25NO3S/c23-26(24,21-10-9-18-7-4-8-19(18)15-21)22-13-11-20(12-14-22)25-16-17-5-2-1-3-6-17/h1-3,5-6,9-10,15,20H,4,7-8,11-14,16H2. The van der Waals surface area contributed by atoms with Gasteiger partial charge in [-0.2, -0.15) is 4.31 Å². The van der Waals surface area contributed by atoms with E-state index < -0.39 is 10.0 Å². The first kappa shape index (κ1) is 17.7. The Morgan fingerprint density at radius 3 is 2.46 bits per heavy atom. The smallest absolute Gasteiger partial charge is 0.243 e. The lowest BCUT2D eigenvalue weighted by Crippen LogP contribution is -2.40. The highest BCUT2D eigenvalue weighted by Gasteiger charge is 2.30. The third kappa shape index (κ3) is 3.70. The van der Waals surface area contributed by atoms with Crippen molar-refractivity contribution in [3.05, 3.63) is 65.2 Å². The van der Waals surface area contributed by atoms with Gasteiger partial charge in [-0.1, -0.05) is 36.4 Å². The van der Waals surface area contributed by atoms with Crippen molar-refractivity contribution in [2.75, 3.05) is 13.1 Å². The minimum Gasteiger partial charge on any atom is -0.373 e. The summed E-state index contributed by atoms with van der Waals surface area (Å²) in [6.07, 6.45) is 4.81. The first-order valence-corrected chi connectivity index (χ1v) is 10.8. The first-order valence-electron chi connectivity index (χ1n) is 9.40. The average Bonchev–Trinajstić information content (AvgIpc) is 3.15. The number of benzene rings is 2. The molecule has 0 amide bonds. The van der Waals surface area contributed by atoms with E-state index in [1.807, 2.05) is 42.5 Å². The second-order valence-corrected chi connectivity index (χ2v) is 9.12. The number of piperidine rings is 1. The van der Waals surface area contributed by atoms with Gasteiger partial charge in [0.15, 0.2) is 0 Å². The third-order valence-electron chi connectivity index (χ3n) is 5.44. The molecule has 1 heterocycles. The molecule has 4 rings (SSSR count). The van der Waals surface area contributed by atoms with Crippen molar-refractivity contribution in [2.24, 2.45) is 0 Å². The highest BCUT2D eigenvalue weighted by atomic mass is 32.2. The number of aryl methyl sites for hydroxylation is 2. The zero-order valence-electron chi connectivity index (χ0n) is 14.9. The van der Waals surface area contributed by atoms with Crippen molar-refractivity contribution in [2.45, 2.75) is 49.7 Å². The molecule has 0 unspecified atom stereocenters. The number of hydrogen-bond donors (Lipinski definition) is 0. The van der Waals surface area contributed by atoms with E-state index in [4.69, 9.17) is 4.74 Å². The molecule has 0 radical (unpaired) electrons. The molecule has 1 aliphatic heterocycles. The fraction of sp³-hybridized carbons (Fsp3) is 0.429. The lowest BCUT2D eigenvalue weighted by molar-refractivity contribution is 0.0102. The number of rotatable bonds is 5. The minimum atomic E-state index is -3.40. The molecule has 0 atom stereocenters. The predicted octanol–water partition coefficient (Wildman–Crippen LogP) is 3.55. The Balaban J connectivity index is 1.36. The molecule has 26 heavy (non-hydrogen) atoms. The van der Waals surface area contributed by atoms with Gasteiger partial charge in [0, 0.05) is 13.1 Å². The minimum absolute atomic E-state index is 0.127. The zero-order chi connectivity index (χ0) is 18.0. The van der Waals surface area contributed by atoms with Crippen LogP contribution in [0.15, 0.2) is 53.4 Å². The summed E-state index contributed by atoms with van der Waals surface area (Å²) in [5.74, 6) is 0. The Morgan fingerprint density at radius 2 is 1.69 bits per heavy atom. The topological polar surface area (TPSA) is 46.6 Å². The molecule has 5 heteroatoms. The summed E-state index contributed by atoms with van der Waals surface area (Å²) in [6.45, 7) is 1.64. The number of fused-ring (bicyclic) bond motifs is 1. The Labute approximate surface area is 155 Å². The van der Waals surface area contributed by atoms with E-state index in [9.17, 15) is 8.42 Å². The summed E-state index contributed by atoms with van der Waals surface area (Å²) in [5.41, 5.74) is 3.66. The summed E-state index contributed by atoms with van der Waals surface area (Å²) < 4.78 is 33.5. The average molecular weight is 372 g/mol. The van der Waals surface area contributed by atoms with Crippen LogP contribution in [-0.4, -0.2) is 31.9 Å². The molecule has 2 aromatic rings. The van der Waals surface area contributed by atoms with Crippen LogP contribution < -0.4 is 0 Å². The third-order valence-corrected chi connectivity index (χ3v) is 7.33.